The van der Waals surface area contributed by atoms with Gasteiger partial charge in [0.15, 0.2) is 0 Å². The molecule has 1 heterocycles. The third-order valence-corrected chi connectivity index (χ3v) is 3.79. The number of fused-ring (bicyclic) bond motifs is 1. The molecular formula is C14H15NO2S. The van der Waals surface area contributed by atoms with Gasteiger partial charge < -0.3 is 4.79 Å². The Morgan fingerprint density at radius 3 is 2.72 bits per heavy atom. The fourth-order valence-corrected chi connectivity index (χ4v) is 2.85. The van der Waals surface area contributed by atoms with Gasteiger partial charge in [-0.05, 0) is 25.5 Å². The zero-order valence-corrected chi connectivity index (χ0v) is 11.3. The number of thiazole rings is 1. The van der Waals surface area contributed by atoms with Crippen LogP contribution < -0.4 is 0 Å². The Balaban J connectivity index is 2.10. The van der Waals surface area contributed by atoms with Crippen molar-refractivity contribution in [3.63, 3.8) is 0 Å². The molecule has 0 saturated heterocycles. The minimum absolute atomic E-state index is 0.0588. The molecule has 0 spiro atoms. The Morgan fingerprint density at radius 2 is 2.06 bits per heavy atom. The van der Waals surface area contributed by atoms with E-state index in [0.29, 0.717) is 19.3 Å². The molecule has 2 aromatic rings. The molecule has 1 aromatic heterocycles. The largest absolute Gasteiger partial charge is 0.300 e. The predicted octanol–water partition coefficient (Wildman–Crippen LogP) is 3.09. The molecule has 18 heavy (non-hydrogen) atoms. The fourth-order valence-electron chi connectivity index (χ4n) is 1.78. The molecular weight excluding hydrogens is 246 g/mol. The number of carbonyl (C=O) groups excluding carboxylic acids is 2. The van der Waals surface area contributed by atoms with E-state index in [0.717, 1.165) is 20.8 Å². The Kier molecular flexibility index (Phi) is 3.87. The third kappa shape index (κ3) is 3.01. The van der Waals surface area contributed by atoms with Gasteiger partial charge in [0.1, 0.15) is 16.6 Å². The van der Waals surface area contributed by atoms with Gasteiger partial charge in [-0.15, -0.1) is 11.3 Å². The van der Waals surface area contributed by atoms with E-state index in [-0.39, 0.29) is 11.6 Å². The van der Waals surface area contributed by atoms with Gasteiger partial charge in [0.05, 0.1) is 16.6 Å². The summed E-state index contributed by atoms with van der Waals surface area (Å²) in [4.78, 5) is 27.0. The van der Waals surface area contributed by atoms with Gasteiger partial charge in [-0.1, -0.05) is 12.1 Å². The summed E-state index contributed by atoms with van der Waals surface area (Å²) in [5.41, 5.74) is 2.11. The van der Waals surface area contributed by atoms with Crippen LogP contribution in [-0.2, 0) is 16.0 Å². The number of rotatable bonds is 5. The number of benzene rings is 1. The van der Waals surface area contributed by atoms with Crippen LogP contribution in [0.15, 0.2) is 18.2 Å². The third-order valence-electron chi connectivity index (χ3n) is 2.77. The van der Waals surface area contributed by atoms with Crippen molar-refractivity contribution in [2.24, 2.45) is 0 Å². The van der Waals surface area contributed by atoms with Crippen LogP contribution in [0.5, 0.6) is 0 Å². The summed E-state index contributed by atoms with van der Waals surface area (Å²) in [6.07, 6.45) is 0.999. The minimum Gasteiger partial charge on any atom is -0.300 e. The molecule has 0 amide bonds. The van der Waals surface area contributed by atoms with E-state index in [1.165, 1.54) is 6.92 Å². The van der Waals surface area contributed by atoms with E-state index in [2.05, 4.69) is 4.98 Å². The van der Waals surface area contributed by atoms with E-state index < -0.39 is 0 Å². The number of aromatic nitrogens is 1. The van der Waals surface area contributed by atoms with Crippen LogP contribution in [0.25, 0.3) is 10.2 Å². The lowest BCUT2D eigenvalue weighted by molar-refractivity contribution is -0.122. The highest BCUT2D eigenvalue weighted by atomic mass is 32.1. The quantitative estimate of drug-likeness (QED) is 0.831. The van der Waals surface area contributed by atoms with Crippen molar-refractivity contribution in [1.29, 1.82) is 0 Å². The Morgan fingerprint density at radius 1 is 1.28 bits per heavy atom. The van der Waals surface area contributed by atoms with Crippen LogP contribution in [0.4, 0.5) is 0 Å². The summed E-state index contributed by atoms with van der Waals surface area (Å²) in [5, 5.41) is 0.841. The predicted molar refractivity (Wildman–Crippen MR) is 73.0 cm³/mol. The zero-order chi connectivity index (χ0) is 13.1. The topological polar surface area (TPSA) is 47.0 Å². The van der Waals surface area contributed by atoms with Crippen LogP contribution in [-0.4, -0.2) is 16.6 Å². The molecule has 94 valence electrons. The monoisotopic (exact) mass is 261 g/mol. The molecule has 0 bridgehead atoms. The smallest absolute Gasteiger partial charge is 0.140 e. The summed E-state index contributed by atoms with van der Waals surface area (Å²) in [6, 6.07) is 6.03. The maximum Gasteiger partial charge on any atom is 0.140 e. The van der Waals surface area contributed by atoms with Gasteiger partial charge in [-0.25, -0.2) is 4.98 Å². The van der Waals surface area contributed by atoms with E-state index in [4.69, 9.17) is 0 Å². The molecule has 0 aliphatic rings. The standard InChI is InChI=1S/C14H15NO2S/c1-9-4-3-5-12-14(9)15-13(18-12)8-11(17)7-6-10(2)16/h3-5H,6-8H2,1-2H3. The zero-order valence-electron chi connectivity index (χ0n) is 10.5. The molecule has 0 fully saturated rings. The number of aryl methyl sites for hydroxylation is 1. The normalized spacial score (nSPS) is 10.8. The summed E-state index contributed by atoms with van der Waals surface area (Å²) < 4.78 is 1.12. The second kappa shape index (κ2) is 5.40. The molecule has 2 rings (SSSR count). The maximum atomic E-state index is 11.7. The first-order valence-electron chi connectivity index (χ1n) is 5.92. The van der Waals surface area contributed by atoms with E-state index in [1.807, 2.05) is 25.1 Å². The van der Waals surface area contributed by atoms with Gasteiger partial charge in [-0.2, -0.15) is 0 Å². The van der Waals surface area contributed by atoms with Crippen LogP contribution in [0, 0.1) is 6.92 Å². The molecule has 3 nitrogen and oxygen atoms in total. The second-order valence-electron chi connectivity index (χ2n) is 4.45. The lowest BCUT2D eigenvalue weighted by atomic mass is 10.1. The van der Waals surface area contributed by atoms with Crippen molar-refractivity contribution in [1.82, 2.24) is 4.98 Å². The number of nitrogens with zero attached hydrogens (tertiary/aromatic N) is 1. The second-order valence-corrected chi connectivity index (χ2v) is 5.56. The number of hydrogen-bond donors (Lipinski definition) is 0. The molecule has 0 aliphatic carbocycles. The molecule has 0 radical (unpaired) electrons. The molecule has 4 heteroatoms. The van der Waals surface area contributed by atoms with Crippen molar-refractivity contribution < 1.29 is 9.59 Å². The maximum absolute atomic E-state index is 11.7. The fraction of sp³-hybridized carbons (Fsp3) is 0.357. The number of para-hydroxylation sites is 1. The Bertz CT molecular complexity index is 601. The van der Waals surface area contributed by atoms with Crippen LogP contribution >= 0.6 is 11.3 Å². The minimum atomic E-state index is 0.0588. The summed E-state index contributed by atoms with van der Waals surface area (Å²) in [6.45, 7) is 3.53. The first kappa shape index (κ1) is 12.9. The van der Waals surface area contributed by atoms with Crippen molar-refractivity contribution in [2.45, 2.75) is 33.1 Å². The molecule has 0 saturated carbocycles. The van der Waals surface area contributed by atoms with Gasteiger partial charge in [0.2, 0.25) is 0 Å². The molecule has 0 unspecified atom stereocenters. The van der Waals surface area contributed by atoms with Gasteiger partial charge in [0, 0.05) is 12.8 Å². The van der Waals surface area contributed by atoms with E-state index in [9.17, 15) is 9.59 Å². The average Bonchev–Trinajstić information content (AvgIpc) is 2.70. The summed E-state index contributed by atoms with van der Waals surface area (Å²) in [7, 11) is 0. The highest BCUT2D eigenvalue weighted by Crippen LogP contribution is 2.25. The van der Waals surface area contributed by atoms with Crippen molar-refractivity contribution in [2.75, 3.05) is 0 Å². The Labute approximate surface area is 110 Å². The van der Waals surface area contributed by atoms with Crippen molar-refractivity contribution >= 4 is 33.1 Å². The lowest BCUT2D eigenvalue weighted by Crippen LogP contribution is -2.04. The Hall–Kier alpha value is -1.55. The highest BCUT2D eigenvalue weighted by molar-refractivity contribution is 7.18. The molecule has 1 aromatic carbocycles. The average molecular weight is 261 g/mol. The highest BCUT2D eigenvalue weighted by Gasteiger charge is 2.10. The molecule has 0 N–H and O–H groups in total. The van der Waals surface area contributed by atoms with Crippen LogP contribution in [0.2, 0.25) is 0 Å². The first-order chi connectivity index (χ1) is 8.56. The van der Waals surface area contributed by atoms with Gasteiger partial charge in [-0.3, -0.25) is 4.79 Å². The van der Waals surface area contributed by atoms with Crippen LogP contribution in [0.1, 0.15) is 30.3 Å². The van der Waals surface area contributed by atoms with Crippen LogP contribution in [0.3, 0.4) is 0 Å². The van der Waals surface area contributed by atoms with Gasteiger partial charge in [0.25, 0.3) is 0 Å². The number of Topliss-reactive ketones (excluding diaryl/α,β-unsaturated/α-hetero) is 2. The molecule has 0 atom stereocenters. The number of ketones is 2. The summed E-state index contributed by atoms with van der Waals surface area (Å²) >= 11 is 1.56. The lowest BCUT2D eigenvalue weighted by Gasteiger charge is -1.95. The van der Waals surface area contributed by atoms with Crippen molar-refractivity contribution in [3.05, 3.63) is 28.8 Å². The van der Waals surface area contributed by atoms with Gasteiger partial charge >= 0.3 is 0 Å². The number of hydrogen-bond acceptors (Lipinski definition) is 4. The SMILES string of the molecule is CC(=O)CCC(=O)Cc1nc2c(C)cccc2s1. The number of carbonyl (C=O) groups is 2. The van der Waals surface area contributed by atoms with Crippen molar-refractivity contribution in [3.8, 4) is 0 Å². The molecule has 0 aliphatic heterocycles. The van der Waals surface area contributed by atoms with E-state index >= 15 is 0 Å². The first-order valence-corrected chi connectivity index (χ1v) is 6.74. The van der Waals surface area contributed by atoms with E-state index in [1.54, 1.807) is 11.3 Å². The summed E-state index contributed by atoms with van der Waals surface area (Å²) in [5.74, 6) is 0.144.